The Bertz CT molecular complexity index is 610. The van der Waals surface area contributed by atoms with Crippen molar-refractivity contribution in [3.63, 3.8) is 0 Å². The largest absolute Gasteiger partial charge is 0.486 e. The summed E-state index contributed by atoms with van der Waals surface area (Å²) < 4.78 is 24.3. The number of aliphatic hydroxyl groups is 1. The molecule has 0 aromatic heterocycles. The zero-order chi connectivity index (χ0) is 13.2. The molecule has 1 aliphatic rings. The number of hydrogen-bond acceptors (Lipinski definition) is 3. The fraction of sp³-hybridized carbons (Fsp3) is 0.200. The summed E-state index contributed by atoms with van der Waals surface area (Å²) in [6, 6.07) is 10.3. The maximum Gasteiger partial charge on any atom is 0.161 e. The lowest BCUT2D eigenvalue weighted by Crippen LogP contribution is -2.15. The molecule has 19 heavy (non-hydrogen) atoms. The van der Waals surface area contributed by atoms with E-state index in [2.05, 4.69) is 0 Å². The van der Waals surface area contributed by atoms with E-state index in [4.69, 9.17) is 14.6 Å². The van der Waals surface area contributed by atoms with Gasteiger partial charge in [0.1, 0.15) is 19.0 Å². The molecule has 0 bridgehead atoms. The molecule has 0 radical (unpaired) electrons. The molecule has 0 saturated heterocycles. The zero-order valence-corrected chi connectivity index (χ0v) is 10.2. The summed E-state index contributed by atoms with van der Waals surface area (Å²) >= 11 is 0. The standard InChI is InChI=1S/C15H13FO3/c16-13-3-1-10(7-12(13)9-17)11-2-4-14-15(8-11)19-6-5-18-14/h1-4,7-8,17H,5-6,9H2. The van der Waals surface area contributed by atoms with E-state index in [1.807, 2.05) is 18.2 Å². The number of hydrogen-bond donors (Lipinski definition) is 1. The minimum Gasteiger partial charge on any atom is -0.486 e. The van der Waals surface area contributed by atoms with Gasteiger partial charge in [0, 0.05) is 5.56 Å². The topological polar surface area (TPSA) is 38.7 Å². The van der Waals surface area contributed by atoms with Crippen LogP contribution in [0.15, 0.2) is 36.4 Å². The zero-order valence-electron chi connectivity index (χ0n) is 10.2. The van der Waals surface area contributed by atoms with Crippen molar-refractivity contribution in [1.29, 1.82) is 0 Å². The highest BCUT2D eigenvalue weighted by Gasteiger charge is 2.13. The van der Waals surface area contributed by atoms with Gasteiger partial charge in [0.05, 0.1) is 6.61 Å². The molecular formula is C15H13FO3. The van der Waals surface area contributed by atoms with Crippen molar-refractivity contribution in [2.24, 2.45) is 0 Å². The second-order valence-electron chi connectivity index (χ2n) is 4.32. The van der Waals surface area contributed by atoms with E-state index in [1.54, 1.807) is 12.1 Å². The van der Waals surface area contributed by atoms with Gasteiger partial charge in [-0.05, 0) is 35.4 Å². The lowest BCUT2D eigenvalue weighted by molar-refractivity contribution is 0.171. The number of rotatable bonds is 2. The molecule has 0 fully saturated rings. The molecule has 2 aromatic rings. The second-order valence-corrected chi connectivity index (χ2v) is 4.32. The average molecular weight is 260 g/mol. The Morgan fingerprint density at radius 2 is 1.63 bits per heavy atom. The van der Waals surface area contributed by atoms with E-state index >= 15 is 0 Å². The first-order valence-electron chi connectivity index (χ1n) is 6.07. The van der Waals surface area contributed by atoms with Crippen LogP contribution in [0.4, 0.5) is 4.39 Å². The third kappa shape index (κ3) is 2.27. The highest BCUT2D eigenvalue weighted by molar-refractivity contribution is 5.68. The Kier molecular flexibility index (Phi) is 3.09. The van der Waals surface area contributed by atoms with Gasteiger partial charge in [0.2, 0.25) is 0 Å². The maximum absolute atomic E-state index is 13.4. The molecule has 2 aromatic carbocycles. The van der Waals surface area contributed by atoms with Crippen LogP contribution in [-0.2, 0) is 6.61 Å². The number of ether oxygens (including phenoxy) is 2. The van der Waals surface area contributed by atoms with Gasteiger partial charge in [-0.1, -0.05) is 12.1 Å². The van der Waals surface area contributed by atoms with Crippen LogP contribution < -0.4 is 9.47 Å². The van der Waals surface area contributed by atoms with Crippen LogP contribution in [0.2, 0.25) is 0 Å². The van der Waals surface area contributed by atoms with Gasteiger partial charge < -0.3 is 14.6 Å². The van der Waals surface area contributed by atoms with E-state index in [-0.39, 0.29) is 12.2 Å². The van der Waals surface area contributed by atoms with E-state index in [0.717, 1.165) is 16.9 Å². The smallest absolute Gasteiger partial charge is 0.161 e. The van der Waals surface area contributed by atoms with Crippen LogP contribution in [0.3, 0.4) is 0 Å². The molecule has 1 N–H and O–H groups in total. The Hall–Kier alpha value is -2.07. The Morgan fingerprint density at radius 1 is 0.947 bits per heavy atom. The number of benzene rings is 2. The second kappa shape index (κ2) is 4.90. The van der Waals surface area contributed by atoms with Crippen molar-refractivity contribution >= 4 is 0 Å². The number of aliphatic hydroxyl groups excluding tert-OH is 1. The van der Waals surface area contributed by atoms with Crippen molar-refractivity contribution in [2.75, 3.05) is 13.2 Å². The third-order valence-electron chi connectivity index (χ3n) is 3.09. The van der Waals surface area contributed by atoms with Crippen molar-refractivity contribution in [3.8, 4) is 22.6 Å². The van der Waals surface area contributed by atoms with E-state index in [1.165, 1.54) is 6.07 Å². The van der Waals surface area contributed by atoms with Gasteiger partial charge in [-0.3, -0.25) is 0 Å². The van der Waals surface area contributed by atoms with Crippen LogP contribution >= 0.6 is 0 Å². The summed E-state index contributed by atoms with van der Waals surface area (Å²) in [7, 11) is 0. The van der Waals surface area contributed by atoms with Crippen molar-refractivity contribution in [1.82, 2.24) is 0 Å². The number of halogens is 1. The van der Waals surface area contributed by atoms with Gasteiger partial charge in [0.15, 0.2) is 11.5 Å². The molecule has 4 heteroatoms. The van der Waals surface area contributed by atoms with Crippen LogP contribution in [0.5, 0.6) is 11.5 Å². The van der Waals surface area contributed by atoms with Crippen LogP contribution in [-0.4, -0.2) is 18.3 Å². The molecule has 0 unspecified atom stereocenters. The summed E-state index contributed by atoms with van der Waals surface area (Å²) in [4.78, 5) is 0. The SMILES string of the molecule is OCc1cc(-c2ccc3c(c2)OCCO3)ccc1F. The minimum absolute atomic E-state index is 0.285. The van der Waals surface area contributed by atoms with Gasteiger partial charge in [-0.25, -0.2) is 4.39 Å². The van der Waals surface area contributed by atoms with Gasteiger partial charge in [0.25, 0.3) is 0 Å². The maximum atomic E-state index is 13.4. The molecule has 0 atom stereocenters. The lowest BCUT2D eigenvalue weighted by Gasteiger charge is -2.19. The Labute approximate surface area is 110 Å². The summed E-state index contributed by atoms with van der Waals surface area (Å²) in [5.74, 6) is 1.02. The highest BCUT2D eigenvalue weighted by atomic mass is 19.1. The fourth-order valence-electron chi connectivity index (χ4n) is 2.10. The molecule has 1 heterocycles. The summed E-state index contributed by atoms with van der Waals surface area (Å²) in [5, 5.41) is 9.10. The molecule has 3 nitrogen and oxygen atoms in total. The predicted octanol–water partition coefficient (Wildman–Crippen LogP) is 2.76. The first kappa shape index (κ1) is 12.0. The monoisotopic (exact) mass is 260 g/mol. The van der Waals surface area contributed by atoms with E-state index < -0.39 is 5.82 Å². The molecule has 98 valence electrons. The molecule has 0 amide bonds. The normalized spacial score (nSPS) is 13.4. The van der Waals surface area contributed by atoms with Crippen molar-refractivity contribution < 1.29 is 19.0 Å². The number of fused-ring (bicyclic) bond motifs is 1. The van der Waals surface area contributed by atoms with Crippen molar-refractivity contribution in [2.45, 2.75) is 6.61 Å². The Balaban J connectivity index is 2.02. The van der Waals surface area contributed by atoms with E-state index in [0.29, 0.717) is 19.0 Å². The van der Waals surface area contributed by atoms with Crippen molar-refractivity contribution in [3.05, 3.63) is 47.8 Å². The lowest BCUT2D eigenvalue weighted by atomic mass is 10.0. The minimum atomic E-state index is -0.399. The Morgan fingerprint density at radius 3 is 2.42 bits per heavy atom. The van der Waals surface area contributed by atoms with Crippen LogP contribution in [0.25, 0.3) is 11.1 Å². The summed E-state index contributed by atoms with van der Waals surface area (Å²) in [6.07, 6.45) is 0. The molecule has 3 rings (SSSR count). The first-order valence-corrected chi connectivity index (χ1v) is 6.07. The molecule has 0 aliphatic carbocycles. The first-order chi connectivity index (χ1) is 9.28. The molecular weight excluding hydrogens is 247 g/mol. The summed E-state index contributed by atoms with van der Waals surface area (Å²) in [6.45, 7) is 0.767. The van der Waals surface area contributed by atoms with Crippen LogP contribution in [0, 0.1) is 5.82 Å². The highest BCUT2D eigenvalue weighted by Crippen LogP contribution is 2.34. The molecule has 1 aliphatic heterocycles. The quantitative estimate of drug-likeness (QED) is 0.902. The fourth-order valence-corrected chi connectivity index (χ4v) is 2.10. The molecule has 0 saturated carbocycles. The average Bonchev–Trinajstić information content (AvgIpc) is 2.47. The van der Waals surface area contributed by atoms with Gasteiger partial charge in [-0.15, -0.1) is 0 Å². The third-order valence-corrected chi connectivity index (χ3v) is 3.09. The summed E-state index contributed by atoms with van der Waals surface area (Å²) in [5.41, 5.74) is 2.02. The van der Waals surface area contributed by atoms with Crippen LogP contribution in [0.1, 0.15) is 5.56 Å². The molecule has 0 spiro atoms. The van der Waals surface area contributed by atoms with Gasteiger partial charge in [-0.2, -0.15) is 0 Å². The van der Waals surface area contributed by atoms with Gasteiger partial charge >= 0.3 is 0 Å². The van der Waals surface area contributed by atoms with E-state index in [9.17, 15) is 4.39 Å². The predicted molar refractivity (Wildman–Crippen MR) is 68.7 cm³/mol.